The molecule has 2 aromatic carbocycles. The number of aliphatic imine (C=N–C) groups is 1. The lowest BCUT2D eigenvalue weighted by atomic mass is 10.1. The van der Waals surface area contributed by atoms with Gasteiger partial charge in [-0.25, -0.2) is 8.78 Å². The fourth-order valence-electron chi connectivity index (χ4n) is 3.76. The molecule has 1 aliphatic rings. The minimum absolute atomic E-state index is 0. The van der Waals surface area contributed by atoms with E-state index in [0.717, 1.165) is 0 Å². The molecule has 10 heteroatoms. The summed E-state index contributed by atoms with van der Waals surface area (Å²) in [5.41, 5.74) is 0.577. The topological polar surface area (TPSA) is 78.4 Å². The molecule has 3 rings (SSSR count). The number of hydrogen-bond donors (Lipinski definition) is 3. The van der Waals surface area contributed by atoms with Crippen molar-refractivity contribution in [2.45, 2.75) is 25.5 Å². The number of para-hydroxylation sites is 1. The zero-order valence-electron chi connectivity index (χ0n) is 19.0. The summed E-state index contributed by atoms with van der Waals surface area (Å²) in [6.07, 6.45) is -0.201. The van der Waals surface area contributed by atoms with Gasteiger partial charge in [-0.05, 0) is 43.7 Å². The van der Waals surface area contributed by atoms with Gasteiger partial charge < -0.3 is 30.1 Å². The summed E-state index contributed by atoms with van der Waals surface area (Å²) in [4.78, 5) is 6.19. The van der Waals surface area contributed by atoms with Crippen LogP contribution in [0.25, 0.3) is 0 Å². The highest BCUT2D eigenvalue weighted by molar-refractivity contribution is 14.0. The van der Waals surface area contributed by atoms with Gasteiger partial charge in [0.2, 0.25) is 0 Å². The van der Waals surface area contributed by atoms with Gasteiger partial charge in [0.05, 0.1) is 20.8 Å². The molecule has 7 nitrogen and oxygen atoms in total. The third kappa shape index (κ3) is 6.83. The second-order valence-corrected chi connectivity index (χ2v) is 7.49. The van der Waals surface area contributed by atoms with Gasteiger partial charge in [0.15, 0.2) is 5.96 Å². The van der Waals surface area contributed by atoms with Gasteiger partial charge in [0, 0.05) is 31.2 Å². The van der Waals surface area contributed by atoms with Crippen molar-refractivity contribution in [1.29, 1.82) is 0 Å². The number of benzene rings is 2. The summed E-state index contributed by atoms with van der Waals surface area (Å²) < 4.78 is 38.8. The molecule has 1 aliphatic heterocycles. The molecule has 1 heterocycles. The molecular formula is C23H31F2IN4O3. The molecule has 0 spiro atoms. The maximum absolute atomic E-state index is 14.1. The first kappa shape index (κ1) is 26.9. The number of hydrogen-bond acceptors (Lipinski definition) is 5. The predicted molar refractivity (Wildman–Crippen MR) is 136 cm³/mol. The van der Waals surface area contributed by atoms with Crippen LogP contribution in [0.15, 0.2) is 41.4 Å². The summed E-state index contributed by atoms with van der Waals surface area (Å²) in [6, 6.07) is 9.05. The van der Waals surface area contributed by atoms with E-state index >= 15 is 0 Å². The first-order chi connectivity index (χ1) is 15.5. The fraction of sp³-hybridized carbons (Fsp3) is 0.435. The minimum Gasteiger partial charge on any atom is -0.497 e. The molecule has 2 unspecified atom stereocenters. The Morgan fingerprint density at radius 1 is 1.21 bits per heavy atom. The van der Waals surface area contributed by atoms with Crippen molar-refractivity contribution in [3.05, 3.63) is 53.6 Å². The van der Waals surface area contributed by atoms with Crippen molar-refractivity contribution < 1.29 is 23.4 Å². The lowest BCUT2D eigenvalue weighted by Crippen LogP contribution is -2.45. The van der Waals surface area contributed by atoms with E-state index in [9.17, 15) is 13.9 Å². The number of guanidine groups is 1. The molecule has 0 bridgehead atoms. The Morgan fingerprint density at radius 3 is 2.58 bits per heavy atom. The van der Waals surface area contributed by atoms with Gasteiger partial charge in [-0.1, -0.05) is 6.07 Å². The van der Waals surface area contributed by atoms with E-state index in [0.29, 0.717) is 49.1 Å². The molecule has 1 saturated heterocycles. The quantitative estimate of drug-likeness (QED) is 0.254. The van der Waals surface area contributed by atoms with Crippen molar-refractivity contribution in [2.24, 2.45) is 4.99 Å². The number of methoxy groups -OCH3 is 2. The van der Waals surface area contributed by atoms with Crippen LogP contribution in [0, 0.1) is 11.6 Å². The SMILES string of the molecule is CCNC(=NCC(O)c1cc(OC)ccc1OC)NC1CCN(c2c(F)cccc2F)C1.I. The average Bonchev–Trinajstić information content (AvgIpc) is 3.24. The number of halogens is 3. The van der Waals surface area contributed by atoms with Crippen LogP contribution in [0.3, 0.4) is 0 Å². The molecule has 0 amide bonds. The Kier molecular flexibility index (Phi) is 10.4. The average molecular weight is 576 g/mol. The van der Waals surface area contributed by atoms with Crippen molar-refractivity contribution in [1.82, 2.24) is 10.6 Å². The first-order valence-electron chi connectivity index (χ1n) is 10.6. The smallest absolute Gasteiger partial charge is 0.191 e. The predicted octanol–water partition coefficient (Wildman–Crippen LogP) is 3.47. The van der Waals surface area contributed by atoms with E-state index in [1.54, 1.807) is 30.2 Å². The van der Waals surface area contributed by atoms with Gasteiger partial charge in [0.25, 0.3) is 0 Å². The van der Waals surface area contributed by atoms with E-state index in [1.165, 1.54) is 25.3 Å². The molecule has 0 radical (unpaired) electrons. The third-order valence-electron chi connectivity index (χ3n) is 5.35. The molecule has 0 aromatic heterocycles. The first-order valence-corrected chi connectivity index (χ1v) is 10.6. The van der Waals surface area contributed by atoms with E-state index in [4.69, 9.17) is 9.47 Å². The Labute approximate surface area is 210 Å². The molecule has 2 aromatic rings. The molecular weight excluding hydrogens is 545 g/mol. The van der Waals surface area contributed by atoms with Crippen molar-refractivity contribution >= 4 is 35.6 Å². The molecule has 3 N–H and O–H groups in total. The van der Waals surface area contributed by atoms with Gasteiger partial charge in [0.1, 0.15) is 34.9 Å². The third-order valence-corrected chi connectivity index (χ3v) is 5.35. The number of ether oxygens (including phenoxy) is 2. The van der Waals surface area contributed by atoms with E-state index < -0.39 is 17.7 Å². The van der Waals surface area contributed by atoms with E-state index in [2.05, 4.69) is 15.6 Å². The van der Waals surface area contributed by atoms with Crippen LogP contribution in [0.1, 0.15) is 25.0 Å². The Balaban J connectivity index is 0.00000385. The van der Waals surface area contributed by atoms with Crippen LogP contribution in [0.4, 0.5) is 14.5 Å². The zero-order valence-corrected chi connectivity index (χ0v) is 21.3. The maximum atomic E-state index is 14.1. The van der Waals surface area contributed by atoms with Crippen molar-refractivity contribution in [3.63, 3.8) is 0 Å². The lowest BCUT2D eigenvalue weighted by Gasteiger charge is -2.21. The summed E-state index contributed by atoms with van der Waals surface area (Å²) in [5, 5.41) is 17.1. The summed E-state index contributed by atoms with van der Waals surface area (Å²) in [5.74, 6) is 0.544. The van der Waals surface area contributed by atoms with Gasteiger partial charge in [-0.3, -0.25) is 4.99 Å². The number of nitrogens with zero attached hydrogens (tertiary/aromatic N) is 2. The number of aliphatic hydroxyl groups is 1. The highest BCUT2D eigenvalue weighted by Crippen LogP contribution is 2.30. The number of rotatable bonds is 8. The van der Waals surface area contributed by atoms with Gasteiger partial charge >= 0.3 is 0 Å². The Bertz CT molecular complexity index is 928. The largest absolute Gasteiger partial charge is 0.497 e. The molecule has 1 fully saturated rings. The zero-order chi connectivity index (χ0) is 23.1. The highest BCUT2D eigenvalue weighted by Gasteiger charge is 2.27. The Morgan fingerprint density at radius 2 is 1.94 bits per heavy atom. The van der Waals surface area contributed by atoms with Gasteiger partial charge in [-0.15, -0.1) is 24.0 Å². The molecule has 33 heavy (non-hydrogen) atoms. The Hall–Kier alpha value is -2.34. The fourth-order valence-corrected chi connectivity index (χ4v) is 3.76. The van der Waals surface area contributed by atoms with Crippen molar-refractivity contribution in [3.8, 4) is 11.5 Å². The summed E-state index contributed by atoms with van der Waals surface area (Å²) >= 11 is 0. The molecule has 182 valence electrons. The standard InChI is InChI=1S/C23H30F2N4O3.HI/c1-4-26-23(27-13-20(30)17-12-16(31-2)8-9-21(17)32-3)28-15-10-11-29(14-15)22-18(24)6-5-7-19(22)25;/h5-9,12,15,20,30H,4,10-11,13-14H2,1-3H3,(H2,26,27,28);1H. The maximum Gasteiger partial charge on any atom is 0.191 e. The van der Waals surface area contributed by atoms with Crippen LogP contribution in [0.5, 0.6) is 11.5 Å². The van der Waals surface area contributed by atoms with Crippen LogP contribution in [0.2, 0.25) is 0 Å². The molecule has 0 aliphatic carbocycles. The summed E-state index contributed by atoms with van der Waals surface area (Å²) in [7, 11) is 3.10. The van der Waals surface area contributed by atoms with Crippen LogP contribution >= 0.6 is 24.0 Å². The minimum atomic E-state index is -0.900. The second kappa shape index (κ2) is 12.8. The number of anilines is 1. The lowest BCUT2D eigenvalue weighted by molar-refractivity contribution is 0.182. The molecule has 0 saturated carbocycles. The number of nitrogens with one attached hydrogen (secondary N) is 2. The second-order valence-electron chi connectivity index (χ2n) is 7.49. The van der Waals surface area contributed by atoms with E-state index in [-0.39, 0.29) is 42.3 Å². The number of aliphatic hydroxyl groups excluding tert-OH is 1. The van der Waals surface area contributed by atoms with Crippen molar-refractivity contribution in [2.75, 3.05) is 45.3 Å². The van der Waals surface area contributed by atoms with E-state index in [1.807, 2.05) is 6.92 Å². The van der Waals surface area contributed by atoms with Crippen LogP contribution < -0.4 is 25.0 Å². The van der Waals surface area contributed by atoms with Crippen LogP contribution in [-0.4, -0.2) is 57.5 Å². The summed E-state index contributed by atoms with van der Waals surface area (Å²) in [6.45, 7) is 3.63. The normalized spacial score (nSPS) is 16.7. The monoisotopic (exact) mass is 576 g/mol. The highest BCUT2D eigenvalue weighted by atomic mass is 127. The molecule has 2 atom stereocenters. The van der Waals surface area contributed by atoms with Crippen LogP contribution in [-0.2, 0) is 0 Å². The van der Waals surface area contributed by atoms with Gasteiger partial charge in [-0.2, -0.15) is 0 Å².